The molecule has 0 heterocycles. The Balaban J connectivity index is 2.04. The van der Waals surface area contributed by atoms with Gasteiger partial charge < -0.3 is 10.1 Å². The predicted octanol–water partition coefficient (Wildman–Crippen LogP) is 5.32. The number of methoxy groups -OCH3 is 1. The van der Waals surface area contributed by atoms with Crippen LogP contribution in [0.25, 0.3) is 0 Å². The number of carbonyl (C=O) groups excluding carboxylic acids is 1. The fourth-order valence-electron chi connectivity index (χ4n) is 2.45. The topological polar surface area (TPSA) is 38.3 Å². The molecule has 3 rings (SSSR count). The van der Waals surface area contributed by atoms with Gasteiger partial charge in [0.05, 0.1) is 23.4 Å². The molecule has 3 nitrogen and oxygen atoms in total. The standard InChI is InChI=1S/C20H16ClNO2/c1-24-17-13-12-16(22-15-10-6-3-7-11-15)19(21)18(17)20(23)14-8-4-2-5-9-14/h2-13,22H,1H3. The molecule has 0 radical (unpaired) electrons. The molecule has 0 aliphatic carbocycles. The number of benzene rings is 3. The second kappa shape index (κ2) is 7.20. The highest BCUT2D eigenvalue weighted by Crippen LogP contribution is 2.36. The van der Waals surface area contributed by atoms with Gasteiger partial charge in [-0.15, -0.1) is 0 Å². The van der Waals surface area contributed by atoms with Gasteiger partial charge in [0.2, 0.25) is 0 Å². The molecule has 3 aromatic rings. The minimum atomic E-state index is -0.172. The maximum atomic E-state index is 12.9. The molecule has 0 aliphatic heterocycles. The van der Waals surface area contributed by atoms with Gasteiger partial charge in [0.1, 0.15) is 5.75 Å². The van der Waals surface area contributed by atoms with Crippen molar-refractivity contribution in [1.82, 2.24) is 0 Å². The molecule has 0 saturated carbocycles. The summed E-state index contributed by atoms with van der Waals surface area (Å²) in [5, 5.41) is 3.57. The van der Waals surface area contributed by atoms with E-state index in [0.29, 0.717) is 27.6 Å². The molecule has 0 amide bonds. The fraction of sp³-hybridized carbons (Fsp3) is 0.0500. The molecule has 1 N–H and O–H groups in total. The number of para-hydroxylation sites is 1. The van der Waals surface area contributed by atoms with Gasteiger partial charge in [-0.05, 0) is 24.3 Å². The molecule has 4 heteroatoms. The molecule has 0 bridgehead atoms. The van der Waals surface area contributed by atoms with Crippen LogP contribution in [0.3, 0.4) is 0 Å². The van der Waals surface area contributed by atoms with Crippen LogP contribution in [0.5, 0.6) is 5.75 Å². The molecule has 0 aliphatic rings. The van der Waals surface area contributed by atoms with Gasteiger partial charge in [-0.2, -0.15) is 0 Å². The third-order valence-corrected chi connectivity index (χ3v) is 4.03. The van der Waals surface area contributed by atoms with Crippen LogP contribution in [0.15, 0.2) is 72.8 Å². The molecule has 0 unspecified atom stereocenters. The number of carbonyl (C=O) groups is 1. The Morgan fingerprint density at radius 3 is 2.17 bits per heavy atom. The highest BCUT2D eigenvalue weighted by Gasteiger charge is 2.20. The van der Waals surface area contributed by atoms with E-state index in [1.165, 1.54) is 7.11 Å². The fourth-order valence-corrected chi connectivity index (χ4v) is 2.74. The summed E-state index contributed by atoms with van der Waals surface area (Å²) in [7, 11) is 1.53. The van der Waals surface area contributed by atoms with Crippen LogP contribution < -0.4 is 10.1 Å². The monoisotopic (exact) mass is 337 g/mol. The van der Waals surface area contributed by atoms with Crippen LogP contribution in [0.4, 0.5) is 11.4 Å². The van der Waals surface area contributed by atoms with E-state index < -0.39 is 0 Å². The Labute approximate surface area is 145 Å². The summed E-state index contributed by atoms with van der Waals surface area (Å²) in [6, 6.07) is 22.2. The lowest BCUT2D eigenvalue weighted by Crippen LogP contribution is -2.06. The molecular weight excluding hydrogens is 322 g/mol. The Bertz CT molecular complexity index is 848. The van der Waals surface area contributed by atoms with Crippen LogP contribution in [0, 0.1) is 0 Å². The lowest BCUT2D eigenvalue weighted by atomic mass is 10.0. The number of hydrogen-bond acceptors (Lipinski definition) is 3. The average molecular weight is 338 g/mol. The van der Waals surface area contributed by atoms with E-state index in [2.05, 4.69) is 5.32 Å². The van der Waals surface area contributed by atoms with Crippen LogP contribution in [-0.2, 0) is 0 Å². The Morgan fingerprint density at radius 1 is 0.917 bits per heavy atom. The van der Waals surface area contributed by atoms with Gasteiger partial charge in [-0.3, -0.25) is 4.79 Å². The van der Waals surface area contributed by atoms with Crippen molar-refractivity contribution in [2.45, 2.75) is 0 Å². The molecule has 120 valence electrons. The number of hydrogen-bond donors (Lipinski definition) is 1. The van der Waals surface area contributed by atoms with Gasteiger partial charge in [0.15, 0.2) is 5.78 Å². The summed E-state index contributed by atoms with van der Waals surface area (Å²) in [6.45, 7) is 0. The minimum absolute atomic E-state index is 0.172. The number of rotatable bonds is 5. The van der Waals surface area contributed by atoms with Crippen molar-refractivity contribution in [1.29, 1.82) is 0 Å². The van der Waals surface area contributed by atoms with Gasteiger partial charge in [-0.25, -0.2) is 0 Å². The SMILES string of the molecule is COc1ccc(Nc2ccccc2)c(Cl)c1C(=O)c1ccccc1. The molecule has 0 atom stereocenters. The Morgan fingerprint density at radius 2 is 1.54 bits per heavy atom. The van der Waals surface area contributed by atoms with Crippen LogP contribution in [0.2, 0.25) is 5.02 Å². The first kappa shape index (κ1) is 16.1. The van der Waals surface area contributed by atoms with E-state index in [1.54, 1.807) is 24.3 Å². The first-order valence-electron chi connectivity index (χ1n) is 7.49. The second-order valence-corrected chi connectivity index (χ2v) is 5.57. The zero-order chi connectivity index (χ0) is 16.9. The first-order valence-corrected chi connectivity index (χ1v) is 7.87. The van der Waals surface area contributed by atoms with E-state index in [-0.39, 0.29) is 5.78 Å². The van der Waals surface area contributed by atoms with E-state index >= 15 is 0 Å². The van der Waals surface area contributed by atoms with E-state index in [0.717, 1.165) is 5.69 Å². The lowest BCUT2D eigenvalue weighted by Gasteiger charge is -2.15. The molecule has 0 aromatic heterocycles. The van der Waals surface area contributed by atoms with Crippen molar-refractivity contribution in [3.63, 3.8) is 0 Å². The van der Waals surface area contributed by atoms with Gasteiger partial charge in [0, 0.05) is 11.3 Å². The number of halogens is 1. The van der Waals surface area contributed by atoms with E-state index in [4.69, 9.17) is 16.3 Å². The van der Waals surface area contributed by atoms with Gasteiger partial charge in [0.25, 0.3) is 0 Å². The van der Waals surface area contributed by atoms with Crippen molar-refractivity contribution in [3.8, 4) is 5.75 Å². The number of nitrogens with one attached hydrogen (secondary N) is 1. The van der Waals surface area contributed by atoms with Gasteiger partial charge in [-0.1, -0.05) is 60.1 Å². The normalized spacial score (nSPS) is 10.2. The number of ketones is 1. The summed E-state index contributed by atoms with van der Waals surface area (Å²) in [5.74, 6) is 0.279. The van der Waals surface area contributed by atoms with Crippen LogP contribution in [0.1, 0.15) is 15.9 Å². The third-order valence-electron chi connectivity index (χ3n) is 3.64. The maximum Gasteiger partial charge on any atom is 0.198 e. The van der Waals surface area contributed by atoms with E-state index in [9.17, 15) is 4.79 Å². The predicted molar refractivity (Wildman–Crippen MR) is 97.6 cm³/mol. The molecular formula is C20H16ClNO2. The van der Waals surface area contributed by atoms with Crippen molar-refractivity contribution in [3.05, 3.63) is 88.9 Å². The van der Waals surface area contributed by atoms with Crippen molar-refractivity contribution in [2.75, 3.05) is 12.4 Å². The molecule has 0 fully saturated rings. The average Bonchev–Trinajstić information content (AvgIpc) is 2.64. The zero-order valence-electron chi connectivity index (χ0n) is 13.1. The first-order chi connectivity index (χ1) is 11.7. The van der Waals surface area contributed by atoms with Crippen molar-refractivity contribution < 1.29 is 9.53 Å². The Hall–Kier alpha value is -2.78. The van der Waals surface area contributed by atoms with Gasteiger partial charge >= 0.3 is 0 Å². The quantitative estimate of drug-likeness (QED) is 0.640. The smallest absolute Gasteiger partial charge is 0.198 e. The third kappa shape index (κ3) is 3.26. The highest BCUT2D eigenvalue weighted by molar-refractivity contribution is 6.38. The highest BCUT2D eigenvalue weighted by atomic mass is 35.5. The van der Waals surface area contributed by atoms with Crippen LogP contribution >= 0.6 is 11.6 Å². The lowest BCUT2D eigenvalue weighted by molar-refractivity contribution is 0.103. The number of ether oxygens (including phenoxy) is 1. The largest absolute Gasteiger partial charge is 0.496 e. The summed E-state index contributed by atoms with van der Waals surface area (Å²) < 4.78 is 5.34. The second-order valence-electron chi connectivity index (χ2n) is 5.19. The molecule has 3 aromatic carbocycles. The van der Waals surface area contributed by atoms with E-state index in [1.807, 2.05) is 48.5 Å². The molecule has 0 spiro atoms. The summed E-state index contributed by atoms with van der Waals surface area (Å²) in [6.07, 6.45) is 0. The summed E-state index contributed by atoms with van der Waals surface area (Å²) in [4.78, 5) is 12.9. The summed E-state index contributed by atoms with van der Waals surface area (Å²) in [5.41, 5.74) is 2.46. The number of anilines is 2. The van der Waals surface area contributed by atoms with Crippen LogP contribution in [-0.4, -0.2) is 12.9 Å². The van der Waals surface area contributed by atoms with Crippen molar-refractivity contribution >= 4 is 28.8 Å². The zero-order valence-corrected chi connectivity index (χ0v) is 13.9. The maximum absolute atomic E-state index is 12.9. The minimum Gasteiger partial charge on any atom is -0.496 e. The molecule has 0 saturated heterocycles. The van der Waals surface area contributed by atoms with Crippen molar-refractivity contribution in [2.24, 2.45) is 0 Å². The molecule has 24 heavy (non-hydrogen) atoms. The summed E-state index contributed by atoms with van der Waals surface area (Å²) >= 11 is 6.52. The Kier molecular flexibility index (Phi) is 4.82.